The number of rotatable bonds is 11. The molecule has 254 valence electrons. The molecule has 4 aromatic carbocycles. The van der Waals surface area contributed by atoms with Crippen molar-refractivity contribution in [2.75, 3.05) is 19.0 Å². The Bertz CT molecular complexity index is 2180. The number of hydrogen-bond acceptors (Lipinski definition) is 7. The number of nitrogens with one attached hydrogen (secondary N) is 2. The molecule has 6 rings (SSSR count). The minimum atomic E-state index is -4.69. The second-order valence-electron chi connectivity index (χ2n) is 11.3. The summed E-state index contributed by atoms with van der Waals surface area (Å²) >= 11 is 0. The van der Waals surface area contributed by atoms with E-state index in [4.69, 9.17) is 9.26 Å². The molecule has 2 amide bonds. The molecule has 50 heavy (non-hydrogen) atoms. The van der Waals surface area contributed by atoms with Crippen molar-refractivity contribution < 1.29 is 41.9 Å². The number of aromatic amines is 1. The first-order valence-corrected chi connectivity index (χ1v) is 15.1. The number of ether oxygens (including phenoxy) is 1. The Balaban J connectivity index is 1.10. The lowest BCUT2D eigenvalue weighted by Crippen LogP contribution is -2.35. The van der Waals surface area contributed by atoms with Gasteiger partial charge < -0.3 is 29.6 Å². The van der Waals surface area contributed by atoms with Crippen LogP contribution in [-0.2, 0) is 28.7 Å². The summed E-state index contributed by atoms with van der Waals surface area (Å²) in [5.74, 6) is -1.78. The fraction of sp³-hybridized carbons (Fsp3) is 0.139. The summed E-state index contributed by atoms with van der Waals surface area (Å²) in [5.41, 5.74) is 2.22. The minimum absolute atomic E-state index is 0.0101. The van der Waals surface area contributed by atoms with Crippen molar-refractivity contribution in [2.24, 2.45) is 0 Å². The van der Waals surface area contributed by atoms with E-state index in [-0.39, 0.29) is 29.1 Å². The molecular weight excluding hydrogens is 655 g/mol. The number of hydrogen-bond donors (Lipinski definition) is 3. The van der Waals surface area contributed by atoms with Gasteiger partial charge in [-0.05, 0) is 71.8 Å². The van der Waals surface area contributed by atoms with Crippen LogP contribution < -0.4 is 10.1 Å². The van der Waals surface area contributed by atoms with Crippen molar-refractivity contribution in [3.8, 4) is 28.6 Å². The average molecular weight is 684 g/mol. The van der Waals surface area contributed by atoms with Gasteiger partial charge in [-0.3, -0.25) is 14.4 Å². The maximum absolute atomic E-state index is 13.5. The van der Waals surface area contributed by atoms with Crippen molar-refractivity contribution in [1.82, 2.24) is 20.0 Å². The summed E-state index contributed by atoms with van der Waals surface area (Å²) in [7, 11) is 1.24. The predicted molar refractivity (Wildman–Crippen MR) is 176 cm³/mol. The molecule has 0 aliphatic carbocycles. The third-order valence-corrected chi connectivity index (χ3v) is 7.81. The lowest BCUT2D eigenvalue weighted by molar-refractivity contribution is -0.139. The Morgan fingerprint density at radius 1 is 0.940 bits per heavy atom. The Morgan fingerprint density at radius 3 is 2.38 bits per heavy atom. The number of amides is 2. The van der Waals surface area contributed by atoms with Gasteiger partial charge in [0.05, 0.1) is 19.1 Å². The fourth-order valence-electron chi connectivity index (χ4n) is 5.34. The third kappa shape index (κ3) is 7.65. The molecular formula is C36H28F3N5O6. The van der Waals surface area contributed by atoms with E-state index in [2.05, 4.69) is 20.4 Å². The molecule has 2 aromatic heterocycles. The smallest absolute Gasteiger partial charge is 0.416 e. The molecule has 11 nitrogen and oxygen atoms in total. The zero-order valence-corrected chi connectivity index (χ0v) is 26.3. The SMILES string of the molecule is COc1ccc(CC(=O)Nc2ccc(C(=O)N(CC(=O)O)Cc3ccc(-c4noc(-c5ccc6[nH]ccc6c5)n4)cc3)cc2)c(C(F)(F)F)c1. The molecule has 0 saturated carbocycles. The Kier molecular flexibility index (Phi) is 9.34. The van der Waals surface area contributed by atoms with E-state index in [0.29, 0.717) is 22.8 Å². The number of carboxylic acids is 1. The van der Waals surface area contributed by atoms with Crippen molar-refractivity contribution >= 4 is 34.4 Å². The second-order valence-corrected chi connectivity index (χ2v) is 11.3. The lowest BCUT2D eigenvalue weighted by atomic mass is 10.0. The quantitative estimate of drug-likeness (QED) is 0.135. The highest BCUT2D eigenvalue weighted by Gasteiger charge is 2.34. The molecule has 3 N–H and O–H groups in total. The topological polar surface area (TPSA) is 151 Å². The molecule has 0 aliphatic heterocycles. The summed E-state index contributed by atoms with van der Waals surface area (Å²) in [4.78, 5) is 46.4. The van der Waals surface area contributed by atoms with Gasteiger partial charge in [-0.25, -0.2) is 0 Å². The first-order valence-electron chi connectivity index (χ1n) is 15.1. The number of aromatic nitrogens is 3. The van der Waals surface area contributed by atoms with Crippen molar-refractivity contribution in [2.45, 2.75) is 19.1 Å². The number of alkyl halides is 3. The normalized spacial score (nSPS) is 11.4. The largest absolute Gasteiger partial charge is 0.497 e. The zero-order valence-electron chi connectivity index (χ0n) is 26.3. The van der Waals surface area contributed by atoms with E-state index in [0.717, 1.165) is 27.4 Å². The van der Waals surface area contributed by atoms with E-state index in [1.54, 1.807) is 24.3 Å². The van der Waals surface area contributed by atoms with Crippen LogP contribution in [0.15, 0.2) is 102 Å². The zero-order chi connectivity index (χ0) is 35.4. The van der Waals surface area contributed by atoms with E-state index in [1.165, 1.54) is 43.5 Å². The Labute approximate surface area is 282 Å². The standard InChI is InChI=1S/C36H28F3N5O6/c1-49-28-12-8-24(29(18-28)36(37,38)39)17-31(45)41-27-10-6-23(7-11-27)35(48)44(20-32(46)47)19-21-2-4-22(5-3-21)33-42-34(50-43-33)26-9-13-30-25(16-26)14-15-40-30/h2-16,18,40H,17,19-20H2,1H3,(H,41,45)(H,46,47). The number of carboxylic acid groups (broad SMARTS) is 1. The van der Waals surface area contributed by atoms with Crippen LogP contribution >= 0.6 is 0 Å². The first kappa shape index (κ1) is 33.5. The summed E-state index contributed by atoms with van der Waals surface area (Å²) in [6.07, 6.45) is -3.40. The average Bonchev–Trinajstić information content (AvgIpc) is 3.78. The Morgan fingerprint density at radius 2 is 1.68 bits per heavy atom. The van der Waals surface area contributed by atoms with Gasteiger partial charge in [-0.1, -0.05) is 35.5 Å². The number of halogens is 3. The number of nitrogens with zero attached hydrogens (tertiary/aromatic N) is 3. The number of aliphatic carboxylic acids is 1. The van der Waals surface area contributed by atoms with Crippen molar-refractivity contribution in [3.63, 3.8) is 0 Å². The summed E-state index contributed by atoms with van der Waals surface area (Å²) < 4.78 is 51.0. The highest BCUT2D eigenvalue weighted by atomic mass is 19.4. The highest BCUT2D eigenvalue weighted by molar-refractivity contribution is 5.97. The van der Waals surface area contributed by atoms with Gasteiger partial charge in [0.15, 0.2) is 0 Å². The van der Waals surface area contributed by atoms with Crippen LogP contribution in [0.1, 0.15) is 27.0 Å². The number of anilines is 1. The molecule has 0 fully saturated rings. The summed E-state index contributed by atoms with van der Waals surface area (Å²) in [5, 5.41) is 17.1. The molecule has 2 heterocycles. The first-order chi connectivity index (χ1) is 24.0. The van der Waals surface area contributed by atoms with Gasteiger partial charge in [-0.2, -0.15) is 18.2 Å². The van der Waals surface area contributed by atoms with Crippen LogP contribution in [0.4, 0.5) is 18.9 Å². The van der Waals surface area contributed by atoms with E-state index in [1.807, 2.05) is 30.5 Å². The number of carbonyl (C=O) groups excluding carboxylic acids is 2. The van der Waals surface area contributed by atoms with E-state index in [9.17, 15) is 32.7 Å². The maximum Gasteiger partial charge on any atom is 0.416 e. The lowest BCUT2D eigenvalue weighted by Gasteiger charge is -2.21. The molecule has 6 aromatic rings. The Hall–Kier alpha value is -6.44. The van der Waals surface area contributed by atoms with Gasteiger partial charge in [0.2, 0.25) is 11.7 Å². The van der Waals surface area contributed by atoms with Crippen LogP contribution in [0.25, 0.3) is 33.7 Å². The molecule has 0 atom stereocenters. The molecule has 0 unspecified atom stereocenters. The van der Waals surface area contributed by atoms with Gasteiger partial charge in [0, 0.05) is 46.0 Å². The summed E-state index contributed by atoms with van der Waals surface area (Å²) in [6.45, 7) is -0.608. The molecule has 14 heteroatoms. The number of benzene rings is 4. The number of H-pyrrole nitrogens is 1. The number of fused-ring (bicyclic) bond motifs is 1. The van der Waals surface area contributed by atoms with Crippen LogP contribution in [-0.4, -0.2) is 56.6 Å². The fourth-order valence-corrected chi connectivity index (χ4v) is 5.34. The molecule has 0 spiro atoms. The molecule has 0 bridgehead atoms. The molecule has 0 saturated heterocycles. The minimum Gasteiger partial charge on any atom is -0.497 e. The molecule has 0 aliphatic rings. The highest BCUT2D eigenvalue weighted by Crippen LogP contribution is 2.35. The maximum atomic E-state index is 13.5. The van der Waals surface area contributed by atoms with E-state index >= 15 is 0 Å². The van der Waals surface area contributed by atoms with Gasteiger partial charge in [0.1, 0.15) is 12.3 Å². The third-order valence-electron chi connectivity index (χ3n) is 7.81. The monoisotopic (exact) mass is 683 g/mol. The second kappa shape index (κ2) is 14.0. The van der Waals surface area contributed by atoms with Crippen LogP contribution in [0, 0.1) is 0 Å². The summed E-state index contributed by atoms with van der Waals surface area (Å²) in [6, 6.07) is 23.6. The predicted octanol–water partition coefficient (Wildman–Crippen LogP) is 6.82. The van der Waals surface area contributed by atoms with Crippen molar-refractivity contribution in [1.29, 1.82) is 0 Å². The van der Waals surface area contributed by atoms with Crippen LogP contribution in [0.5, 0.6) is 5.75 Å². The van der Waals surface area contributed by atoms with Gasteiger partial charge in [-0.15, -0.1) is 0 Å². The van der Waals surface area contributed by atoms with Crippen molar-refractivity contribution in [3.05, 3.63) is 119 Å². The van der Waals surface area contributed by atoms with Crippen LogP contribution in [0.3, 0.4) is 0 Å². The molecule has 0 radical (unpaired) electrons. The van der Waals surface area contributed by atoms with Gasteiger partial charge >= 0.3 is 12.1 Å². The van der Waals surface area contributed by atoms with Gasteiger partial charge in [0.25, 0.3) is 11.8 Å². The number of methoxy groups -OCH3 is 1. The number of carbonyl (C=O) groups is 3. The van der Waals surface area contributed by atoms with Crippen LogP contribution in [0.2, 0.25) is 0 Å². The van der Waals surface area contributed by atoms with E-state index < -0.39 is 42.5 Å².